The van der Waals surface area contributed by atoms with Crippen LogP contribution in [-0.2, 0) is 13.1 Å². The zero-order valence-electron chi connectivity index (χ0n) is 13.5. The molecule has 0 saturated carbocycles. The quantitative estimate of drug-likeness (QED) is 0.753. The Hall–Kier alpha value is -0.380. The van der Waals surface area contributed by atoms with Crippen molar-refractivity contribution >= 4 is 15.9 Å². The molecule has 1 N–H and O–H groups in total. The monoisotopic (exact) mass is 340 g/mol. The van der Waals surface area contributed by atoms with E-state index in [1.807, 2.05) is 0 Å². The molecule has 0 aliphatic carbocycles. The molecule has 0 amide bonds. The van der Waals surface area contributed by atoms with E-state index >= 15 is 0 Å². The van der Waals surface area contributed by atoms with Crippen molar-refractivity contribution in [1.82, 2.24) is 10.2 Å². The van der Waals surface area contributed by atoms with E-state index in [-0.39, 0.29) is 0 Å². The molecular formula is C17H29BrN2. The number of hydrogen-bond donors (Lipinski definition) is 1. The van der Waals surface area contributed by atoms with Crippen molar-refractivity contribution in [2.24, 2.45) is 5.92 Å². The highest BCUT2D eigenvalue weighted by Gasteiger charge is 2.08. The van der Waals surface area contributed by atoms with Crippen molar-refractivity contribution < 1.29 is 0 Å². The normalized spacial score (nSPS) is 13.2. The van der Waals surface area contributed by atoms with Crippen molar-refractivity contribution in [1.29, 1.82) is 0 Å². The van der Waals surface area contributed by atoms with Crippen molar-refractivity contribution in [3.8, 4) is 0 Å². The first-order valence-electron chi connectivity index (χ1n) is 7.61. The lowest BCUT2D eigenvalue weighted by Crippen LogP contribution is -2.24. The second-order valence-electron chi connectivity index (χ2n) is 6.17. The van der Waals surface area contributed by atoms with Crippen LogP contribution in [-0.4, -0.2) is 24.5 Å². The summed E-state index contributed by atoms with van der Waals surface area (Å²) in [6.45, 7) is 12.0. The zero-order chi connectivity index (χ0) is 15.1. The van der Waals surface area contributed by atoms with Gasteiger partial charge in [0, 0.05) is 30.1 Å². The molecule has 2 nitrogen and oxygen atoms in total. The van der Waals surface area contributed by atoms with E-state index in [9.17, 15) is 0 Å². The Morgan fingerprint density at radius 2 is 1.95 bits per heavy atom. The number of rotatable bonds is 8. The lowest BCUT2D eigenvalue weighted by molar-refractivity contribution is 0.275. The van der Waals surface area contributed by atoms with Crippen LogP contribution in [0.5, 0.6) is 0 Å². The van der Waals surface area contributed by atoms with Crippen LogP contribution in [0.3, 0.4) is 0 Å². The Morgan fingerprint density at radius 1 is 1.25 bits per heavy atom. The highest BCUT2D eigenvalue weighted by atomic mass is 79.9. The Labute approximate surface area is 133 Å². The fourth-order valence-electron chi connectivity index (χ4n) is 2.17. The number of nitrogens with one attached hydrogen (secondary N) is 1. The van der Waals surface area contributed by atoms with Gasteiger partial charge in [0.25, 0.3) is 0 Å². The molecule has 0 heterocycles. The molecule has 1 aromatic carbocycles. The van der Waals surface area contributed by atoms with Gasteiger partial charge < -0.3 is 10.2 Å². The topological polar surface area (TPSA) is 15.3 Å². The van der Waals surface area contributed by atoms with E-state index in [0.29, 0.717) is 6.04 Å². The molecule has 0 bridgehead atoms. The van der Waals surface area contributed by atoms with Crippen LogP contribution in [0, 0.1) is 5.92 Å². The molecule has 0 aromatic heterocycles. The Kier molecular flexibility index (Phi) is 7.78. The molecule has 114 valence electrons. The number of nitrogens with zero attached hydrogens (tertiary/aromatic N) is 1. The predicted molar refractivity (Wildman–Crippen MR) is 91.9 cm³/mol. The van der Waals surface area contributed by atoms with Crippen molar-refractivity contribution in [2.75, 3.05) is 13.6 Å². The molecule has 0 fully saturated rings. The summed E-state index contributed by atoms with van der Waals surface area (Å²) in [7, 11) is 2.20. The van der Waals surface area contributed by atoms with Gasteiger partial charge in [0.05, 0.1) is 0 Å². The molecule has 0 spiro atoms. The third kappa shape index (κ3) is 6.38. The van der Waals surface area contributed by atoms with Crippen molar-refractivity contribution in [3.05, 3.63) is 33.8 Å². The van der Waals surface area contributed by atoms with E-state index in [0.717, 1.165) is 25.6 Å². The highest BCUT2D eigenvalue weighted by molar-refractivity contribution is 9.10. The lowest BCUT2D eigenvalue weighted by Gasteiger charge is -2.21. The first-order chi connectivity index (χ1) is 9.42. The lowest BCUT2D eigenvalue weighted by atomic mass is 10.1. The van der Waals surface area contributed by atoms with E-state index < -0.39 is 0 Å². The van der Waals surface area contributed by atoms with Gasteiger partial charge >= 0.3 is 0 Å². The molecule has 20 heavy (non-hydrogen) atoms. The van der Waals surface area contributed by atoms with Gasteiger partial charge in [0.2, 0.25) is 0 Å². The maximum atomic E-state index is 3.71. The Bertz CT molecular complexity index is 404. The summed E-state index contributed by atoms with van der Waals surface area (Å²) in [6, 6.07) is 7.23. The van der Waals surface area contributed by atoms with Gasteiger partial charge in [0.1, 0.15) is 0 Å². The summed E-state index contributed by atoms with van der Waals surface area (Å²) >= 11 is 3.71. The first kappa shape index (κ1) is 17.7. The maximum absolute atomic E-state index is 3.71. The minimum atomic E-state index is 0.523. The van der Waals surface area contributed by atoms with Crippen LogP contribution in [0.25, 0.3) is 0 Å². The van der Waals surface area contributed by atoms with Gasteiger partial charge in [-0.1, -0.05) is 62.2 Å². The number of benzene rings is 1. The summed E-state index contributed by atoms with van der Waals surface area (Å²) in [5.41, 5.74) is 2.70. The first-order valence-corrected chi connectivity index (χ1v) is 8.40. The largest absolute Gasteiger partial charge is 0.310 e. The molecular weight excluding hydrogens is 312 g/mol. The van der Waals surface area contributed by atoms with Crippen molar-refractivity contribution in [2.45, 2.75) is 53.2 Å². The fourth-order valence-corrected chi connectivity index (χ4v) is 2.72. The zero-order valence-corrected chi connectivity index (χ0v) is 15.1. The third-order valence-electron chi connectivity index (χ3n) is 3.59. The second kappa shape index (κ2) is 8.81. The standard InChI is InChI=1S/C17H29BrN2/c1-6-14(4)11-20(5)12-16-8-7-15(9-17(16)18)10-19-13(2)3/h7-9,13-14,19H,6,10-12H2,1-5H3. The molecule has 3 heteroatoms. The van der Waals surface area contributed by atoms with Gasteiger partial charge in [-0.05, 0) is 30.2 Å². The summed E-state index contributed by atoms with van der Waals surface area (Å²) < 4.78 is 1.22. The van der Waals surface area contributed by atoms with Crippen molar-refractivity contribution in [3.63, 3.8) is 0 Å². The Morgan fingerprint density at radius 3 is 2.50 bits per heavy atom. The molecule has 0 saturated heterocycles. The maximum Gasteiger partial charge on any atom is 0.0242 e. The summed E-state index contributed by atoms with van der Waals surface area (Å²) in [5, 5.41) is 3.45. The average Bonchev–Trinajstić information content (AvgIpc) is 2.38. The van der Waals surface area contributed by atoms with E-state index in [1.54, 1.807) is 0 Å². The summed E-state index contributed by atoms with van der Waals surface area (Å²) in [4.78, 5) is 2.40. The molecule has 0 aliphatic rings. The summed E-state index contributed by atoms with van der Waals surface area (Å²) in [6.07, 6.45) is 1.24. The van der Waals surface area contributed by atoms with E-state index in [2.05, 4.69) is 79.1 Å². The van der Waals surface area contributed by atoms with Crippen LogP contribution in [0.15, 0.2) is 22.7 Å². The molecule has 0 radical (unpaired) electrons. The van der Waals surface area contributed by atoms with Gasteiger partial charge in [-0.3, -0.25) is 0 Å². The minimum absolute atomic E-state index is 0.523. The SMILES string of the molecule is CCC(C)CN(C)Cc1ccc(CNC(C)C)cc1Br. The van der Waals surface area contributed by atoms with Crippen LogP contribution < -0.4 is 5.32 Å². The molecule has 0 aliphatic heterocycles. The van der Waals surface area contributed by atoms with E-state index in [1.165, 1.54) is 22.0 Å². The van der Waals surface area contributed by atoms with Gasteiger partial charge in [0.15, 0.2) is 0 Å². The molecule has 1 aromatic rings. The minimum Gasteiger partial charge on any atom is -0.310 e. The molecule has 1 atom stereocenters. The Balaban J connectivity index is 2.59. The number of halogens is 1. The number of hydrogen-bond acceptors (Lipinski definition) is 2. The van der Waals surface area contributed by atoms with E-state index in [4.69, 9.17) is 0 Å². The second-order valence-corrected chi connectivity index (χ2v) is 7.03. The van der Waals surface area contributed by atoms with Gasteiger partial charge in [-0.25, -0.2) is 0 Å². The molecule has 1 unspecified atom stereocenters. The highest BCUT2D eigenvalue weighted by Crippen LogP contribution is 2.20. The summed E-state index contributed by atoms with van der Waals surface area (Å²) in [5.74, 6) is 0.758. The predicted octanol–water partition coefficient (Wildman–Crippen LogP) is 4.43. The molecule has 1 rings (SSSR count). The van der Waals surface area contributed by atoms with Crippen LogP contribution in [0.1, 0.15) is 45.2 Å². The van der Waals surface area contributed by atoms with Crippen LogP contribution >= 0.6 is 15.9 Å². The average molecular weight is 341 g/mol. The smallest absolute Gasteiger partial charge is 0.0242 e. The fraction of sp³-hybridized carbons (Fsp3) is 0.647. The third-order valence-corrected chi connectivity index (χ3v) is 4.33. The van der Waals surface area contributed by atoms with Gasteiger partial charge in [-0.2, -0.15) is 0 Å². The van der Waals surface area contributed by atoms with Crippen LogP contribution in [0.2, 0.25) is 0 Å². The van der Waals surface area contributed by atoms with Crippen LogP contribution in [0.4, 0.5) is 0 Å². The van der Waals surface area contributed by atoms with Gasteiger partial charge in [-0.15, -0.1) is 0 Å².